The zero-order valence-corrected chi connectivity index (χ0v) is 8.94. The fourth-order valence-corrected chi connectivity index (χ4v) is 2.00. The average Bonchev–Trinajstić information content (AvgIpc) is 2.92. The van der Waals surface area contributed by atoms with Crippen LogP contribution in [-0.2, 0) is 18.3 Å². The van der Waals surface area contributed by atoms with Gasteiger partial charge in [-0.15, -0.1) is 0 Å². The maximum absolute atomic E-state index is 10.4. The minimum atomic E-state index is -0.716. The quantitative estimate of drug-likeness (QED) is 0.801. The van der Waals surface area contributed by atoms with Gasteiger partial charge in [-0.2, -0.15) is 5.10 Å². The van der Waals surface area contributed by atoms with Crippen LogP contribution in [0.5, 0.6) is 0 Å². The standard InChI is InChI=1S/C11H16N2O2/c1-13-11(8-5-6-8)9(7-12-13)3-2-4-10(14)15/h7-8H,2-6H2,1H3,(H,14,15). The van der Waals surface area contributed by atoms with Gasteiger partial charge in [-0.3, -0.25) is 9.48 Å². The SMILES string of the molecule is Cn1ncc(CCCC(=O)O)c1C1CC1. The van der Waals surface area contributed by atoms with Crippen molar-refractivity contribution >= 4 is 5.97 Å². The smallest absolute Gasteiger partial charge is 0.303 e. The van der Waals surface area contributed by atoms with Gasteiger partial charge in [-0.25, -0.2) is 0 Å². The van der Waals surface area contributed by atoms with E-state index in [1.165, 1.54) is 24.1 Å². The molecule has 1 aliphatic carbocycles. The first-order valence-corrected chi connectivity index (χ1v) is 5.41. The van der Waals surface area contributed by atoms with E-state index in [9.17, 15) is 4.79 Å². The van der Waals surface area contributed by atoms with Crippen molar-refractivity contribution in [2.75, 3.05) is 0 Å². The van der Waals surface area contributed by atoms with Gasteiger partial charge >= 0.3 is 5.97 Å². The molecule has 1 N–H and O–H groups in total. The predicted octanol–water partition coefficient (Wildman–Crippen LogP) is 1.70. The van der Waals surface area contributed by atoms with Gasteiger partial charge in [0, 0.05) is 25.1 Å². The van der Waals surface area contributed by atoms with Crippen LogP contribution in [0.4, 0.5) is 0 Å². The van der Waals surface area contributed by atoms with Crippen molar-refractivity contribution in [1.82, 2.24) is 9.78 Å². The first-order chi connectivity index (χ1) is 7.18. The third-order valence-corrected chi connectivity index (χ3v) is 2.87. The van der Waals surface area contributed by atoms with Gasteiger partial charge < -0.3 is 5.11 Å². The molecule has 4 heteroatoms. The Labute approximate surface area is 88.9 Å². The van der Waals surface area contributed by atoms with Crippen molar-refractivity contribution in [1.29, 1.82) is 0 Å². The fraction of sp³-hybridized carbons (Fsp3) is 0.636. The second-order valence-corrected chi connectivity index (χ2v) is 4.20. The lowest BCUT2D eigenvalue weighted by Crippen LogP contribution is -2.00. The van der Waals surface area contributed by atoms with E-state index in [1.54, 1.807) is 0 Å². The third-order valence-electron chi connectivity index (χ3n) is 2.87. The van der Waals surface area contributed by atoms with Crippen LogP contribution in [0.2, 0.25) is 0 Å². The summed E-state index contributed by atoms with van der Waals surface area (Å²) in [5, 5.41) is 12.8. The summed E-state index contributed by atoms with van der Waals surface area (Å²) >= 11 is 0. The molecule has 0 saturated heterocycles. The lowest BCUT2D eigenvalue weighted by atomic mass is 10.1. The Morgan fingerprint density at radius 2 is 2.40 bits per heavy atom. The van der Waals surface area contributed by atoms with E-state index in [-0.39, 0.29) is 6.42 Å². The predicted molar refractivity (Wildman–Crippen MR) is 55.8 cm³/mol. The summed E-state index contributed by atoms with van der Waals surface area (Å²) in [5.41, 5.74) is 2.56. The second kappa shape index (κ2) is 4.04. The molecule has 1 aromatic heterocycles. The number of aryl methyl sites for hydroxylation is 2. The second-order valence-electron chi connectivity index (χ2n) is 4.20. The molecule has 0 aromatic carbocycles. The highest BCUT2D eigenvalue weighted by molar-refractivity contribution is 5.66. The molecule has 1 heterocycles. The molecule has 1 saturated carbocycles. The van der Waals surface area contributed by atoms with Crippen LogP contribution in [0.3, 0.4) is 0 Å². The molecule has 2 rings (SSSR count). The van der Waals surface area contributed by atoms with Crippen LogP contribution in [-0.4, -0.2) is 20.9 Å². The monoisotopic (exact) mass is 208 g/mol. The Balaban J connectivity index is 1.98. The van der Waals surface area contributed by atoms with Gasteiger partial charge in [0.25, 0.3) is 0 Å². The summed E-state index contributed by atoms with van der Waals surface area (Å²) in [6.45, 7) is 0. The maximum Gasteiger partial charge on any atom is 0.303 e. The van der Waals surface area contributed by atoms with E-state index in [2.05, 4.69) is 5.10 Å². The van der Waals surface area contributed by atoms with Crippen LogP contribution >= 0.6 is 0 Å². The Morgan fingerprint density at radius 3 is 3.00 bits per heavy atom. The van der Waals surface area contributed by atoms with Crippen molar-refractivity contribution in [2.45, 2.75) is 38.0 Å². The molecule has 0 amide bonds. The molecule has 1 aliphatic rings. The van der Waals surface area contributed by atoms with Gasteiger partial charge in [0.05, 0.1) is 6.20 Å². The Morgan fingerprint density at radius 1 is 1.67 bits per heavy atom. The highest BCUT2D eigenvalue weighted by atomic mass is 16.4. The normalized spacial score (nSPS) is 15.5. The molecule has 4 nitrogen and oxygen atoms in total. The van der Waals surface area contributed by atoms with Crippen molar-refractivity contribution < 1.29 is 9.90 Å². The number of hydrogen-bond donors (Lipinski definition) is 1. The Hall–Kier alpha value is -1.32. The Kier molecular flexibility index (Phi) is 2.75. The van der Waals surface area contributed by atoms with Crippen molar-refractivity contribution in [2.24, 2.45) is 7.05 Å². The molecule has 0 aliphatic heterocycles. The minimum Gasteiger partial charge on any atom is -0.481 e. The minimum absolute atomic E-state index is 0.249. The zero-order valence-electron chi connectivity index (χ0n) is 8.94. The van der Waals surface area contributed by atoms with E-state index in [4.69, 9.17) is 5.11 Å². The fourth-order valence-electron chi connectivity index (χ4n) is 2.00. The molecular formula is C11H16N2O2. The van der Waals surface area contributed by atoms with Gasteiger partial charge in [-0.1, -0.05) is 0 Å². The van der Waals surface area contributed by atoms with Gasteiger partial charge in [0.2, 0.25) is 0 Å². The van der Waals surface area contributed by atoms with E-state index in [0.717, 1.165) is 6.42 Å². The number of rotatable bonds is 5. The first-order valence-electron chi connectivity index (χ1n) is 5.41. The molecular weight excluding hydrogens is 192 g/mol. The zero-order chi connectivity index (χ0) is 10.8. The lowest BCUT2D eigenvalue weighted by molar-refractivity contribution is -0.137. The van der Waals surface area contributed by atoms with Crippen LogP contribution in [0, 0.1) is 0 Å². The highest BCUT2D eigenvalue weighted by Gasteiger charge is 2.28. The van der Waals surface area contributed by atoms with Crippen LogP contribution < -0.4 is 0 Å². The van der Waals surface area contributed by atoms with Gasteiger partial charge in [0.1, 0.15) is 0 Å². The van der Waals surface area contributed by atoms with E-state index in [1.807, 2.05) is 17.9 Å². The van der Waals surface area contributed by atoms with Crippen molar-refractivity contribution in [3.05, 3.63) is 17.5 Å². The van der Waals surface area contributed by atoms with Gasteiger partial charge in [-0.05, 0) is 31.2 Å². The first kappa shape index (κ1) is 10.2. The molecule has 1 aromatic rings. The maximum atomic E-state index is 10.4. The number of aromatic nitrogens is 2. The van der Waals surface area contributed by atoms with E-state index in [0.29, 0.717) is 12.3 Å². The van der Waals surface area contributed by atoms with E-state index >= 15 is 0 Å². The summed E-state index contributed by atoms with van der Waals surface area (Å²) in [5.74, 6) is -0.0378. The molecule has 0 bridgehead atoms. The number of carboxylic acids is 1. The number of carboxylic acid groups (broad SMARTS) is 1. The lowest BCUT2D eigenvalue weighted by Gasteiger charge is -2.03. The largest absolute Gasteiger partial charge is 0.481 e. The molecule has 1 fully saturated rings. The Bertz CT molecular complexity index is 367. The summed E-state index contributed by atoms with van der Waals surface area (Å²) in [4.78, 5) is 10.4. The summed E-state index contributed by atoms with van der Waals surface area (Å²) in [7, 11) is 1.97. The molecule has 0 unspecified atom stereocenters. The van der Waals surface area contributed by atoms with Crippen molar-refractivity contribution in [3.63, 3.8) is 0 Å². The summed E-state index contributed by atoms with van der Waals surface area (Å²) in [6.07, 6.45) is 6.19. The molecule has 0 radical (unpaired) electrons. The van der Waals surface area contributed by atoms with Crippen LogP contribution in [0.15, 0.2) is 6.20 Å². The molecule has 0 atom stereocenters. The number of carbonyl (C=O) groups is 1. The summed E-state index contributed by atoms with van der Waals surface area (Å²) < 4.78 is 1.94. The topological polar surface area (TPSA) is 55.1 Å². The summed E-state index contributed by atoms with van der Waals surface area (Å²) in [6, 6.07) is 0. The third kappa shape index (κ3) is 2.37. The highest BCUT2D eigenvalue weighted by Crippen LogP contribution is 2.41. The number of nitrogens with zero attached hydrogens (tertiary/aromatic N) is 2. The van der Waals surface area contributed by atoms with Crippen molar-refractivity contribution in [3.8, 4) is 0 Å². The number of hydrogen-bond acceptors (Lipinski definition) is 2. The molecule has 15 heavy (non-hydrogen) atoms. The van der Waals surface area contributed by atoms with E-state index < -0.39 is 5.97 Å². The number of aliphatic carboxylic acids is 1. The van der Waals surface area contributed by atoms with Gasteiger partial charge in [0.15, 0.2) is 0 Å². The molecule has 0 spiro atoms. The van der Waals surface area contributed by atoms with Crippen LogP contribution in [0.1, 0.15) is 42.9 Å². The van der Waals surface area contributed by atoms with Crippen LogP contribution in [0.25, 0.3) is 0 Å². The average molecular weight is 208 g/mol. The molecule has 82 valence electrons.